The summed E-state index contributed by atoms with van der Waals surface area (Å²) in [5, 5.41) is 8.87. The second-order valence-electron chi connectivity index (χ2n) is 5.04. The van der Waals surface area contributed by atoms with Gasteiger partial charge in [0.15, 0.2) is 0 Å². The number of aromatic nitrogens is 2. The van der Waals surface area contributed by atoms with Gasteiger partial charge in [0, 0.05) is 12.1 Å². The summed E-state index contributed by atoms with van der Waals surface area (Å²) < 4.78 is 1.96. The highest BCUT2D eigenvalue weighted by molar-refractivity contribution is 6.31. The second-order valence-corrected chi connectivity index (χ2v) is 5.44. The molecular weight excluding hydrogens is 270 g/mol. The third-order valence-electron chi connectivity index (χ3n) is 3.56. The van der Waals surface area contributed by atoms with Crippen molar-refractivity contribution in [3.05, 3.63) is 51.8 Å². The van der Waals surface area contributed by atoms with Crippen molar-refractivity contribution in [1.82, 2.24) is 15.1 Å². The monoisotopic (exact) mass is 291 g/mol. The molecule has 2 aromatic rings. The summed E-state index contributed by atoms with van der Waals surface area (Å²) in [4.78, 5) is 0. The zero-order valence-electron chi connectivity index (χ0n) is 12.6. The quantitative estimate of drug-likeness (QED) is 0.911. The zero-order valence-corrected chi connectivity index (χ0v) is 13.3. The van der Waals surface area contributed by atoms with Gasteiger partial charge in [-0.3, -0.25) is 4.68 Å². The Balaban J connectivity index is 2.44. The Hall–Kier alpha value is -1.32. The number of hydrogen-bond donors (Lipinski definition) is 1. The van der Waals surface area contributed by atoms with Crippen LogP contribution in [0.25, 0.3) is 0 Å². The van der Waals surface area contributed by atoms with E-state index in [1.165, 1.54) is 11.3 Å². The first kappa shape index (κ1) is 15.1. The first-order chi connectivity index (χ1) is 9.56. The van der Waals surface area contributed by atoms with E-state index >= 15 is 0 Å². The number of halogens is 1. The minimum absolute atomic E-state index is 0.121. The van der Waals surface area contributed by atoms with Crippen LogP contribution in [0.2, 0.25) is 5.02 Å². The van der Waals surface area contributed by atoms with Gasteiger partial charge >= 0.3 is 0 Å². The molecule has 0 fully saturated rings. The van der Waals surface area contributed by atoms with Crippen molar-refractivity contribution in [2.45, 2.75) is 33.2 Å². The lowest BCUT2D eigenvalue weighted by molar-refractivity contribution is 0.571. The summed E-state index contributed by atoms with van der Waals surface area (Å²) in [7, 11) is 1.99. The molecule has 2 rings (SSSR count). The summed E-state index contributed by atoms with van der Waals surface area (Å²) in [5.41, 5.74) is 4.56. The molecule has 1 N–H and O–H groups in total. The molecule has 20 heavy (non-hydrogen) atoms. The maximum Gasteiger partial charge on any atom is 0.0748 e. The van der Waals surface area contributed by atoms with Crippen LogP contribution in [0.4, 0.5) is 0 Å². The van der Waals surface area contributed by atoms with Crippen LogP contribution in [0.3, 0.4) is 0 Å². The average Bonchev–Trinajstić information content (AvgIpc) is 2.80. The maximum atomic E-state index is 6.27. The smallest absolute Gasteiger partial charge is 0.0748 e. The minimum atomic E-state index is 0.121. The largest absolute Gasteiger partial charge is 0.305 e. The summed E-state index contributed by atoms with van der Waals surface area (Å²) >= 11 is 6.27. The van der Waals surface area contributed by atoms with Crippen molar-refractivity contribution >= 4 is 11.6 Å². The van der Waals surface area contributed by atoms with Gasteiger partial charge in [0.1, 0.15) is 0 Å². The predicted octanol–water partition coefficient (Wildman–Crippen LogP) is 3.64. The standard InChI is InChI=1S/C16H22ClN3/c1-5-13-10-15(20(4)19-13)16(18-6-2)12-8-7-11(3)14(17)9-12/h7-10,16,18H,5-6H2,1-4H3. The first-order valence-electron chi connectivity index (χ1n) is 7.09. The number of benzene rings is 1. The molecule has 1 aromatic carbocycles. The van der Waals surface area contributed by atoms with Crippen LogP contribution in [0.5, 0.6) is 0 Å². The number of nitrogens with one attached hydrogen (secondary N) is 1. The van der Waals surface area contributed by atoms with E-state index in [0.29, 0.717) is 0 Å². The molecule has 3 nitrogen and oxygen atoms in total. The lowest BCUT2D eigenvalue weighted by atomic mass is 10.0. The molecule has 0 aliphatic heterocycles. The Labute approximate surface area is 126 Å². The van der Waals surface area contributed by atoms with Crippen molar-refractivity contribution in [3.63, 3.8) is 0 Å². The van der Waals surface area contributed by atoms with Crippen molar-refractivity contribution in [3.8, 4) is 0 Å². The Kier molecular flexibility index (Phi) is 4.84. The zero-order chi connectivity index (χ0) is 14.7. The van der Waals surface area contributed by atoms with E-state index in [9.17, 15) is 0 Å². The lowest BCUT2D eigenvalue weighted by Crippen LogP contribution is -2.24. The van der Waals surface area contributed by atoms with Crippen LogP contribution in [0, 0.1) is 6.92 Å². The van der Waals surface area contributed by atoms with E-state index in [2.05, 4.69) is 42.5 Å². The van der Waals surface area contributed by atoms with Gasteiger partial charge in [-0.05, 0) is 43.1 Å². The summed E-state index contributed by atoms with van der Waals surface area (Å²) in [6, 6.07) is 8.53. The fourth-order valence-electron chi connectivity index (χ4n) is 2.37. The van der Waals surface area contributed by atoms with Gasteiger partial charge in [0.2, 0.25) is 0 Å². The molecule has 4 heteroatoms. The Morgan fingerprint density at radius 2 is 2.05 bits per heavy atom. The third kappa shape index (κ3) is 3.05. The van der Waals surface area contributed by atoms with Crippen LogP contribution >= 0.6 is 11.6 Å². The molecule has 1 unspecified atom stereocenters. The average molecular weight is 292 g/mol. The van der Waals surface area contributed by atoms with Gasteiger partial charge in [-0.15, -0.1) is 0 Å². The van der Waals surface area contributed by atoms with Gasteiger partial charge < -0.3 is 5.32 Å². The fraction of sp³-hybridized carbons (Fsp3) is 0.438. The highest BCUT2D eigenvalue weighted by Crippen LogP contribution is 2.26. The summed E-state index contributed by atoms with van der Waals surface area (Å²) in [6.45, 7) is 7.15. The molecule has 1 aromatic heterocycles. The number of hydrogen-bond acceptors (Lipinski definition) is 2. The maximum absolute atomic E-state index is 6.27. The van der Waals surface area contributed by atoms with E-state index in [0.717, 1.165) is 29.2 Å². The molecular formula is C16H22ClN3. The molecule has 0 saturated carbocycles. The highest BCUT2D eigenvalue weighted by atomic mass is 35.5. The van der Waals surface area contributed by atoms with Gasteiger partial charge in [-0.2, -0.15) is 5.10 Å². The first-order valence-corrected chi connectivity index (χ1v) is 7.46. The Bertz CT molecular complexity index is 589. The minimum Gasteiger partial charge on any atom is -0.305 e. The Morgan fingerprint density at radius 3 is 2.60 bits per heavy atom. The predicted molar refractivity (Wildman–Crippen MR) is 84.3 cm³/mol. The summed E-state index contributed by atoms with van der Waals surface area (Å²) in [5.74, 6) is 0. The third-order valence-corrected chi connectivity index (χ3v) is 3.97. The molecule has 1 atom stereocenters. The van der Waals surface area contributed by atoms with Crippen LogP contribution < -0.4 is 5.32 Å². The van der Waals surface area contributed by atoms with Crippen LogP contribution in [-0.4, -0.2) is 16.3 Å². The molecule has 0 aliphatic carbocycles. The number of aryl methyl sites for hydroxylation is 3. The molecule has 0 radical (unpaired) electrons. The second kappa shape index (κ2) is 6.42. The number of nitrogens with zero attached hydrogens (tertiary/aromatic N) is 2. The van der Waals surface area contributed by atoms with E-state index < -0.39 is 0 Å². The molecule has 108 valence electrons. The molecule has 1 heterocycles. The molecule has 0 aliphatic rings. The van der Waals surface area contributed by atoms with Gasteiger partial charge in [0.25, 0.3) is 0 Å². The van der Waals surface area contributed by atoms with Crippen molar-refractivity contribution in [2.24, 2.45) is 7.05 Å². The fourth-order valence-corrected chi connectivity index (χ4v) is 2.56. The summed E-state index contributed by atoms with van der Waals surface area (Å²) in [6.07, 6.45) is 0.946. The Morgan fingerprint density at radius 1 is 1.30 bits per heavy atom. The van der Waals surface area contributed by atoms with E-state index in [1.54, 1.807) is 0 Å². The molecule has 0 bridgehead atoms. The van der Waals surface area contributed by atoms with Crippen LogP contribution in [-0.2, 0) is 13.5 Å². The lowest BCUT2D eigenvalue weighted by Gasteiger charge is -2.19. The van der Waals surface area contributed by atoms with Gasteiger partial charge in [-0.25, -0.2) is 0 Å². The number of rotatable bonds is 5. The molecule has 0 amide bonds. The molecule has 0 saturated heterocycles. The molecule has 0 spiro atoms. The van der Waals surface area contributed by atoms with Crippen molar-refractivity contribution in [1.29, 1.82) is 0 Å². The SMILES string of the molecule is CCNC(c1ccc(C)c(Cl)c1)c1cc(CC)nn1C. The van der Waals surface area contributed by atoms with Crippen LogP contribution in [0.1, 0.15) is 42.4 Å². The van der Waals surface area contributed by atoms with Crippen molar-refractivity contribution < 1.29 is 0 Å². The van der Waals surface area contributed by atoms with Crippen molar-refractivity contribution in [2.75, 3.05) is 6.54 Å². The highest BCUT2D eigenvalue weighted by Gasteiger charge is 2.18. The topological polar surface area (TPSA) is 29.9 Å². The van der Waals surface area contributed by atoms with Crippen LogP contribution in [0.15, 0.2) is 24.3 Å². The normalized spacial score (nSPS) is 12.7. The van der Waals surface area contributed by atoms with Gasteiger partial charge in [0.05, 0.1) is 17.4 Å². The van der Waals surface area contributed by atoms with E-state index in [4.69, 9.17) is 11.6 Å². The van der Waals surface area contributed by atoms with E-state index in [1.807, 2.05) is 24.7 Å². The van der Waals surface area contributed by atoms with Gasteiger partial charge in [-0.1, -0.05) is 37.6 Å². The van der Waals surface area contributed by atoms with E-state index in [-0.39, 0.29) is 6.04 Å².